The van der Waals surface area contributed by atoms with Crippen molar-refractivity contribution in [3.63, 3.8) is 0 Å². The summed E-state index contributed by atoms with van der Waals surface area (Å²) in [7, 11) is 0. The van der Waals surface area contributed by atoms with E-state index in [2.05, 4.69) is 6.92 Å². The van der Waals surface area contributed by atoms with Crippen LogP contribution >= 0.6 is 0 Å². The minimum absolute atomic E-state index is 0.111. The molecule has 0 saturated heterocycles. The number of carbonyl (C=O) groups excluding carboxylic acids is 1. The molecule has 0 aliphatic carbocycles. The molecule has 0 spiro atoms. The molecule has 0 aromatic rings. The van der Waals surface area contributed by atoms with Crippen molar-refractivity contribution < 1.29 is 19.4 Å². The molecule has 0 bridgehead atoms. The van der Waals surface area contributed by atoms with Gasteiger partial charge in [0.2, 0.25) is 0 Å². The van der Waals surface area contributed by atoms with E-state index in [0.29, 0.717) is 6.42 Å². The normalized spacial score (nSPS) is 13.5. The molecule has 122 valence electrons. The van der Waals surface area contributed by atoms with Gasteiger partial charge in [0.15, 0.2) is 0 Å². The Morgan fingerprint density at radius 3 is 2.14 bits per heavy atom. The molecule has 0 radical (unpaired) electrons. The molecule has 4 heteroatoms. The van der Waals surface area contributed by atoms with E-state index in [4.69, 9.17) is 4.74 Å². The maximum atomic E-state index is 12.1. The molecule has 0 heterocycles. The van der Waals surface area contributed by atoms with E-state index >= 15 is 0 Å². The van der Waals surface area contributed by atoms with Gasteiger partial charge in [-0.15, -0.1) is 0 Å². The molecule has 1 atom stereocenters. The Labute approximate surface area is 128 Å². The van der Waals surface area contributed by atoms with Gasteiger partial charge in [0.25, 0.3) is 0 Å². The van der Waals surface area contributed by atoms with Gasteiger partial charge in [-0.2, -0.15) is 0 Å². The average Bonchev–Trinajstić information content (AvgIpc) is 2.45. The Morgan fingerprint density at radius 1 is 1.05 bits per heavy atom. The molecule has 0 rings (SSSR count). The fraction of sp³-hybridized carbons (Fsp3) is 0.765. The Hall–Kier alpha value is -1.32. The van der Waals surface area contributed by atoms with E-state index in [-0.39, 0.29) is 17.3 Å². The third-order valence-electron chi connectivity index (χ3n) is 3.66. The van der Waals surface area contributed by atoms with Crippen LogP contribution in [0.5, 0.6) is 0 Å². The van der Waals surface area contributed by atoms with Crippen LogP contribution < -0.4 is 0 Å². The first-order valence-electron chi connectivity index (χ1n) is 8.11. The second kappa shape index (κ2) is 11.4. The summed E-state index contributed by atoms with van der Waals surface area (Å²) in [5.41, 5.74) is 0.426. The van der Waals surface area contributed by atoms with Crippen LogP contribution in [0.15, 0.2) is 11.1 Å². The van der Waals surface area contributed by atoms with Crippen LogP contribution in [0, 0.1) is 0 Å². The van der Waals surface area contributed by atoms with E-state index in [1.807, 2.05) is 13.8 Å². The van der Waals surface area contributed by atoms with E-state index in [0.717, 1.165) is 44.9 Å². The van der Waals surface area contributed by atoms with E-state index in [9.17, 15) is 14.7 Å². The lowest BCUT2D eigenvalue weighted by atomic mass is 10.0. The van der Waals surface area contributed by atoms with Gasteiger partial charge in [-0.1, -0.05) is 40.0 Å². The molecule has 0 aliphatic rings. The zero-order valence-electron chi connectivity index (χ0n) is 13.9. The van der Waals surface area contributed by atoms with Crippen molar-refractivity contribution in [2.45, 2.75) is 85.2 Å². The topological polar surface area (TPSA) is 63.6 Å². The Bertz CT molecular complexity index is 358. The summed E-state index contributed by atoms with van der Waals surface area (Å²) in [6.07, 6.45) is 6.87. The van der Waals surface area contributed by atoms with Crippen LogP contribution in [0.4, 0.5) is 0 Å². The van der Waals surface area contributed by atoms with Gasteiger partial charge >= 0.3 is 11.9 Å². The lowest BCUT2D eigenvalue weighted by Crippen LogP contribution is -2.20. The number of aliphatic carboxylic acids is 1. The zero-order chi connectivity index (χ0) is 16.3. The number of esters is 1. The molecule has 0 saturated carbocycles. The quantitative estimate of drug-likeness (QED) is 0.347. The van der Waals surface area contributed by atoms with Crippen LogP contribution in [0.1, 0.15) is 79.1 Å². The van der Waals surface area contributed by atoms with Crippen molar-refractivity contribution in [3.8, 4) is 0 Å². The van der Waals surface area contributed by atoms with Crippen molar-refractivity contribution in [1.82, 2.24) is 0 Å². The molecule has 21 heavy (non-hydrogen) atoms. The molecule has 4 nitrogen and oxygen atoms in total. The van der Waals surface area contributed by atoms with E-state index in [1.54, 1.807) is 6.92 Å². The minimum Gasteiger partial charge on any atom is -0.478 e. The van der Waals surface area contributed by atoms with Gasteiger partial charge in [0.1, 0.15) is 6.10 Å². The molecule has 1 N–H and O–H groups in total. The van der Waals surface area contributed by atoms with Gasteiger partial charge < -0.3 is 9.84 Å². The first-order chi connectivity index (χ1) is 9.97. The van der Waals surface area contributed by atoms with Crippen molar-refractivity contribution in [3.05, 3.63) is 11.1 Å². The highest BCUT2D eigenvalue weighted by Gasteiger charge is 2.20. The standard InChI is InChI=1S/C17H30O4/c1-5-8-10-11-14(7-3)21-17(20)13(4)15(16(18)19)12-9-6-2/h14H,5-12H2,1-4H3,(H,18,19). The van der Waals surface area contributed by atoms with Crippen LogP contribution in [-0.2, 0) is 14.3 Å². The Kier molecular flexibility index (Phi) is 10.6. The highest BCUT2D eigenvalue weighted by molar-refractivity contribution is 5.99. The molecule has 1 unspecified atom stereocenters. The van der Waals surface area contributed by atoms with Crippen LogP contribution in [0.25, 0.3) is 0 Å². The maximum absolute atomic E-state index is 12.1. The first-order valence-corrected chi connectivity index (χ1v) is 8.11. The van der Waals surface area contributed by atoms with Gasteiger partial charge in [-0.05, 0) is 39.0 Å². The summed E-state index contributed by atoms with van der Waals surface area (Å²) >= 11 is 0. The number of carbonyl (C=O) groups is 2. The predicted octanol–water partition coefficient (Wildman–Crippen LogP) is 4.48. The molecule has 0 aliphatic heterocycles. The fourth-order valence-electron chi connectivity index (χ4n) is 2.14. The highest BCUT2D eigenvalue weighted by atomic mass is 16.5. The van der Waals surface area contributed by atoms with Gasteiger partial charge in [-0.3, -0.25) is 0 Å². The largest absolute Gasteiger partial charge is 0.478 e. The number of ether oxygens (including phenoxy) is 1. The van der Waals surface area contributed by atoms with E-state index in [1.165, 1.54) is 0 Å². The lowest BCUT2D eigenvalue weighted by Gasteiger charge is -2.17. The Morgan fingerprint density at radius 2 is 1.67 bits per heavy atom. The lowest BCUT2D eigenvalue weighted by molar-refractivity contribution is -0.145. The molecular formula is C17H30O4. The summed E-state index contributed by atoms with van der Waals surface area (Å²) in [6, 6.07) is 0. The van der Waals surface area contributed by atoms with Crippen LogP contribution in [0.2, 0.25) is 0 Å². The SMILES string of the molecule is CCCCCC(CC)OC(=O)C(C)=C(CCCC)C(=O)O. The van der Waals surface area contributed by atoms with Crippen molar-refractivity contribution in [2.24, 2.45) is 0 Å². The average molecular weight is 298 g/mol. The monoisotopic (exact) mass is 298 g/mol. The second-order valence-corrected chi connectivity index (χ2v) is 5.44. The highest BCUT2D eigenvalue weighted by Crippen LogP contribution is 2.17. The molecule has 0 aromatic heterocycles. The third kappa shape index (κ3) is 7.88. The van der Waals surface area contributed by atoms with Gasteiger partial charge in [-0.25, -0.2) is 9.59 Å². The minimum atomic E-state index is -1.02. The number of rotatable bonds is 11. The Balaban J connectivity index is 4.73. The van der Waals surface area contributed by atoms with E-state index < -0.39 is 11.9 Å². The number of unbranched alkanes of at least 4 members (excludes halogenated alkanes) is 3. The smallest absolute Gasteiger partial charge is 0.334 e. The molecule has 0 amide bonds. The zero-order valence-corrected chi connectivity index (χ0v) is 13.9. The fourth-order valence-corrected chi connectivity index (χ4v) is 2.14. The third-order valence-corrected chi connectivity index (χ3v) is 3.66. The van der Waals surface area contributed by atoms with Crippen LogP contribution in [0.3, 0.4) is 0 Å². The van der Waals surface area contributed by atoms with Crippen molar-refractivity contribution in [2.75, 3.05) is 0 Å². The summed E-state index contributed by atoms with van der Waals surface area (Å²) in [6.45, 7) is 7.67. The number of carboxylic acids is 1. The molecule has 0 aromatic carbocycles. The maximum Gasteiger partial charge on any atom is 0.334 e. The second-order valence-electron chi connectivity index (χ2n) is 5.44. The van der Waals surface area contributed by atoms with Gasteiger partial charge in [0.05, 0.1) is 0 Å². The summed E-state index contributed by atoms with van der Waals surface area (Å²) in [5.74, 6) is -1.50. The number of hydrogen-bond donors (Lipinski definition) is 1. The van der Waals surface area contributed by atoms with Crippen molar-refractivity contribution in [1.29, 1.82) is 0 Å². The van der Waals surface area contributed by atoms with Crippen LogP contribution in [-0.4, -0.2) is 23.1 Å². The molecular weight excluding hydrogens is 268 g/mol. The summed E-state index contributed by atoms with van der Waals surface area (Å²) < 4.78 is 5.46. The molecule has 0 fully saturated rings. The summed E-state index contributed by atoms with van der Waals surface area (Å²) in [4.78, 5) is 23.4. The number of hydrogen-bond acceptors (Lipinski definition) is 3. The first kappa shape index (κ1) is 19.7. The predicted molar refractivity (Wildman–Crippen MR) is 84.2 cm³/mol. The van der Waals surface area contributed by atoms with Gasteiger partial charge in [0, 0.05) is 11.1 Å². The summed E-state index contributed by atoms with van der Waals surface area (Å²) in [5, 5.41) is 9.22. The number of carboxylic acid groups (broad SMARTS) is 1. The van der Waals surface area contributed by atoms with Crippen molar-refractivity contribution >= 4 is 11.9 Å².